The molecule has 0 aliphatic heterocycles. The van der Waals surface area contributed by atoms with Crippen LogP contribution in [0.25, 0.3) is 10.2 Å². The van der Waals surface area contributed by atoms with Crippen LogP contribution in [0.2, 0.25) is 10.0 Å². The minimum atomic E-state index is 0.589. The first-order chi connectivity index (χ1) is 9.22. The van der Waals surface area contributed by atoms with Gasteiger partial charge < -0.3 is 5.32 Å². The highest BCUT2D eigenvalue weighted by molar-refractivity contribution is 7.22. The number of benzene rings is 2. The molecule has 0 bridgehead atoms. The highest BCUT2D eigenvalue weighted by Crippen LogP contribution is 2.33. The zero-order valence-electron chi connectivity index (χ0n) is 9.86. The van der Waals surface area contributed by atoms with E-state index in [9.17, 15) is 0 Å². The van der Waals surface area contributed by atoms with Crippen molar-refractivity contribution in [3.05, 3.63) is 58.1 Å². The summed E-state index contributed by atoms with van der Waals surface area (Å²) in [7, 11) is 0. The van der Waals surface area contributed by atoms with E-state index in [0.717, 1.165) is 21.9 Å². The van der Waals surface area contributed by atoms with Crippen LogP contribution in [0.1, 0.15) is 5.56 Å². The Morgan fingerprint density at radius 2 is 1.89 bits per heavy atom. The van der Waals surface area contributed by atoms with Crippen molar-refractivity contribution >= 4 is 49.9 Å². The molecule has 0 fully saturated rings. The average Bonchev–Trinajstić information content (AvgIpc) is 2.81. The number of anilines is 1. The summed E-state index contributed by atoms with van der Waals surface area (Å²) >= 11 is 13.7. The number of nitrogens with one attached hydrogen (secondary N) is 1. The van der Waals surface area contributed by atoms with Gasteiger partial charge in [0, 0.05) is 11.6 Å². The Hall–Kier alpha value is -1.29. The molecular formula is C14H10Cl2N2S. The first-order valence-electron chi connectivity index (χ1n) is 5.76. The van der Waals surface area contributed by atoms with E-state index in [1.54, 1.807) is 17.4 Å². The van der Waals surface area contributed by atoms with Crippen molar-refractivity contribution < 1.29 is 0 Å². The van der Waals surface area contributed by atoms with Crippen LogP contribution in [0.5, 0.6) is 0 Å². The fraction of sp³-hybridized carbons (Fsp3) is 0.0714. The first-order valence-corrected chi connectivity index (χ1v) is 7.33. The molecule has 1 N–H and O–H groups in total. The predicted octanol–water partition coefficient (Wildman–Crippen LogP) is 5.22. The van der Waals surface area contributed by atoms with Crippen molar-refractivity contribution in [2.24, 2.45) is 0 Å². The Morgan fingerprint density at radius 1 is 1.11 bits per heavy atom. The third-order valence-electron chi connectivity index (χ3n) is 2.70. The van der Waals surface area contributed by atoms with Gasteiger partial charge >= 0.3 is 0 Å². The molecule has 96 valence electrons. The minimum absolute atomic E-state index is 0.589. The maximum Gasteiger partial charge on any atom is 0.184 e. The summed E-state index contributed by atoms with van der Waals surface area (Å²) < 4.78 is 0.994. The molecule has 0 saturated heterocycles. The van der Waals surface area contributed by atoms with Crippen molar-refractivity contribution in [3.8, 4) is 0 Å². The summed E-state index contributed by atoms with van der Waals surface area (Å²) in [6.07, 6.45) is 0. The molecule has 0 aliphatic carbocycles. The summed E-state index contributed by atoms with van der Waals surface area (Å²) in [4.78, 5) is 4.49. The highest BCUT2D eigenvalue weighted by Gasteiger charge is 2.08. The van der Waals surface area contributed by atoms with Crippen molar-refractivity contribution in [2.45, 2.75) is 6.54 Å². The van der Waals surface area contributed by atoms with Gasteiger partial charge in [-0.3, -0.25) is 0 Å². The zero-order chi connectivity index (χ0) is 13.2. The number of thiazole rings is 1. The quantitative estimate of drug-likeness (QED) is 0.718. The summed E-state index contributed by atoms with van der Waals surface area (Å²) in [6, 6.07) is 13.8. The normalized spacial score (nSPS) is 10.8. The second-order valence-corrected chi connectivity index (χ2v) is 5.97. The molecule has 3 rings (SSSR count). The standard InChI is InChI=1S/C14H10Cl2N2S/c15-10-6-11(16)13-12(7-10)19-14(18-13)17-8-9-4-2-1-3-5-9/h1-7H,8H2,(H,17,18). The maximum atomic E-state index is 6.12. The molecule has 2 aromatic carbocycles. The predicted molar refractivity (Wildman–Crippen MR) is 83.4 cm³/mol. The Bertz CT molecular complexity index is 710. The van der Waals surface area contributed by atoms with E-state index in [1.807, 2.05) is 24.3 Å². The largest absolute Gasteiger partial charge is 0.357 e. The van der Waals surface area contributed by atoms with Gasteiger partial charge in [-0.15, -0.1) is 0 Å². The number of fused-ring (bicyclic) bond motifs is 1. The molecular weight excluding hydrogens is 299 g/mol. The minimum Gasteiger partial charge on any atom is -0.357 e. The number of hydrogen-bond acceptors (Lipinski definition) is 3. The summed E-state index contributed by atoms with van der Waals surface area (Å²) in [5.74, 6) is 0. The Kier molecular flexibility index (Phi) is 3.60. The van der Waals surface area contributed by atoms with Gasteiger partial charge in [-0.2, -0.15) is 0 Å². The smallest absolute Gasteiger partial charge is 0.184 e. The van der Waals surface area contributed by atoms with Crippen molar-refractivity contribution in [2.75, 3.05) is 5.32 Å². The molecule has 0 radical (unpaired) electrons. The van der Waals surface area contributed by atoms with E-state index in [2.05, 4.69) is 22.4 Å². The van der Waals surface area contributed by atoms with Gasteiger partial charge in [0.2, 0.25) is 0 Å². The lowest BCUT2D eigenvalue weighted by Crippen LogP contribution is -1.97. The van der Waals surface area contributed by atoms with Gasteiger partial charge in [0.1, 0.15) is 5.52 Å². The molecule has 5 heteroatoms. The number of halogens is 2. The fourth-order valence-electron chi connectivity index (χ4n) is 1.81. The molecule has 2 nitrogen and oxygen atoms in total. The molecule has 3 aromatic rings. The molecule has 0 aliphatic rings. The third kappa shape index (κ3) is 2.84. The average molecular weight is 309 g/mol. The van der Waals surface area contributed by atoms with Crippen LogP contribution in [-0.4, -0.2) is 4.98 Å². The van der Waals surface area contributed by atoms with Crippen LogP contribution in [0, 0.1) is 0 Å². The molecule has 0 spiro atoms. The topological polar surface area (TPSA) is 24.9 Å². The van der Waals surface area contributed by atoms with Gasteiger partial charge in [0.05, 0.1) is 9.72 Å². The highest BCUT2D eigenvalue weighted by atomic mass is 35.5. The van der Waals surface area contributed by atoms with E-state index in [1.165, 1.54) is 5.56 Å². The van der Waals surface area contributed by atoms with Gasteiger partial charge in [0.25, 0.3) is 0 Å². The van der Waals surface area contributed by atoms with Crippen LogP contribution in [-0.2, 0) is 6.54 Å². The van der Waals surface area contributed by atoms with Gasteiger partial charge in [-0.05, 0) is 17.7 Å². The van der Waals surface area contributed by atoms with Crippen LogP contribution < -0.4 is 5.32 Å². The van der Waals surface area contributed by atoms with Gasteiger partial charge in [0.15, 0.2) is 5.13 Å². The SMILES string of the molecule is Clc1cc(Cl)c2nc(NCc3ccccc3)sc2c1. The molecule has 19 heavy (non-hydrogen) atoms. The first kappa shape index (κ1) is 12.7. The van der Waals surface area contributed by atoms with Crippen molar-refractivity contribution in [3.63, 3.8) is 0 Å². The second kappa shape index (κ2) is 5.37. The van der Waals surface area contributed by atoms with E-state index in [-0.39, 0.29) is 0 Å². The fourth-order valence-corrected chi connectivity index (χ4v) is 3.39. The second-order valence-electron chi connectivity index (χ2n) is 4.09. The van der Waals surface area contributed by atoms with E-state index in [0.29, 0.717) is 10.0 Å². The number of aromatic nitrogens is 1. The van der Waals surface area contributed by atoms with Crippen LogP contribution >= 0.6 is 34.5 Å². The summed E-state index contributed by atoms with van der Waals surface area (Å²) in [6.45, 7) is 0.742. The lowest BCUT2D eigenvalue weighted by atomic mass is 10.2. The molecule has 1 heterocycles. The Labute approximate surface area is 125 Å². The zero-order valence-corrected chi connectivity index (χ0v) is 12.2. The molecule has 1 aromatic heterocycles. The maximum absolute atomic E-state index is 6.12. The van der Waals surface area contributed by atoms with Gasteiger partial charge in [-0.25, -0.2) is 4.98 Å². The number of hydrogen-bond donors (Lipinski definition) is 1. The monoisotopic (exact) mass is 308 g/mol. The summed E-state index contributed by atoms with van der Waals surface area (Å²) in [5.41, 5.74) is 2.01. The van der Waals surface area contributed by atoms with Gasteiger partial charge in [-0.1, -0.05) is 64.9 Å². The number of nitrogens with zero attached hydrogens (tertiary/aromatic N) is 1. The molecule has 0 unspecified atom stereocenters. The molecule has 0 amide bonds. The van der Waals surface area contributed by atoms with Crippen LogP contribution in [0.4, 0.5) is 5.13 Å². The number of rotatable bonds is 3. The van der Waals surface area contributed by atoms with Crippen LogP contribution in [0.15, 0.2) is 42.5 Å². The Morgan fingerprint density at radius 3 is 2.68 bits per heavy atom. The van der Waals surface area contributed by atoms with Crippen LogP contribution in [0.3, 0.4) is 0 Å². The van der Waals surface area contributed by atoms with E-state index in [4.69, 9.17) is 23.2 Å². The molecule has 0 atom stereocenters. The van der Waals surface area contributed by atoms with E-state index < -0.39 is 0 Å². The van der Waals surface area contributed by atoms with Crippen molar-refractivity contribution in [1.29, 1.82) is 0 Å². The van der Waals surface area contributed by atoms with Crippen molar-refractivity contribution in [1.82, 2.24) is 4.98 Å². The lowest BCUT2D eigenvalue weighted by Gasteiger charge is -2.01. The summed E-state index contributed by atoms with van der Waals surface area (Å²) in [5, 5.41) is 5.38. The Balaban J connectivity index is 1.84. The van der Waals surface area contributed by atoms with E-state index >= 15 is 0 Å². The lowest BCUT2D eigenvalue weighted by molar-refractivity contribution is 1.14. The third-order valence-corrected chi connectivity index (χ3v) is 4.17. The molecule has 0 saturated carbocycles.